The summed E-state index contributed by atoms with van der Waals surface area (Å²) in [7, 11) is 0. The van der Waals surface area contributed by atoms with Crippen LogP contribution in [-0.2, 0) is 0 Å². The molecular formula is C10H23NO. The summed E-state index contributed by atoms with van der Waals surface area (Å²) in [5.74, 6) is 0. The molecule has 0 spiro atoms. The third-order valence-electron chi connectivity index (χ3n) is 2.08. The van der Waals surface area contributed by atoms with Gasteiger partial charge in [0.2, 0.25) is 0 Å². The van der Waals surface area contributed by atoms with Crippen LogP contribution in [0.1, 0.15) is 51.9 Å². The average molecular weight is 173 g/mol. The fraction of sp³-hybridized carbons (Fsp3) is 1.00. The van der Waals surface area contributed by atoms with Crippen molar-refractivity contribution in [3.63, 3.8) is 0 Å². The normalized spacial score (nSPS) is 13.2. The molecule has 0 fully saturated rings. The molecule has 2 heteroatoms. The molecule has 0 heterocycles. The van der Waals surface area contributed by atoms with Crippen molar-refractivity contribution < 1.29 is 5.11 Å². The standard InChI is InChI=1S/C10H23NO/c1-10(12)8-6-4-2-3-5-7-9-11/h10,12H,2-9,11H2,1H3. The van der Waals surface area contributed by atoms with Gasteiger partial charge >= 0.3 is 0 Å². The van der Waals surface area contributed by atoms with Crippen LogP contribution in [0.15, 0.2) is 0 Å². The molecule has 0 saturated carbocycles. The van der Waals surface area contributed by atoms with Crippen LogP contribution in [0.4, 0.5) is 0 Å². The van der Waals surface area contributed by atoms with E-state index in [0.29, 0.717) is 0 Å². The summed E-state index contributed by atoms with van der Waals surface area (Å²) in [4.78, 5) is 0. The molecule has 0 aliphatic carbocycles. The third-order valence-corrected chi connectivity index (χ3v) is 2.08. The van der Waals surface area contributed by atoms with Crippen molar-refractivity contribution in [3.8, 4) is 0 Å². The molecule has 0 saturated heterocycles. The van der Waals surface area contributed by atoms with E-state index in [2.05, 4.69) is 0 Å². The lowest BCUT2D eigenvalue weighted by Crippen LogP contribution is -1.99. The Morgan fingerprint density at radius 3 is 2.00 bits per heavy atom. The number of rotatable bonds is 8. The lowest BCUT2D eigenvalue weighted by Gasteiger charge is -2.03. The summed E-state index contributed by atoms with van der Waals surface area (Å²) in [6.45, 7) is 2.68. The lowest BCUT2D eigenvalue weighted by molar-refractivity contribution is 0.180. The molecule has 74 valence electrons. The van der Waals surface area contributed by atoms with Crippen LogP contribution < -0.4 is 5.73 Å². The Bertz CT molecular complexity index is 83.9. The summed E-state index contributed by atoms with van der Waals surface area (Å²) in [5, 5.41) is 8.98. The molecule has 0 aromatic carbocycles. The fourth-order valence-corrected chi connectivity index (χ4v) is 1.29. The number of nitrogens with two attached hydrogens (primary N) is 1. The molecule has 0 bridgehead atoms. The summed E-state index contributed by atoms with van der Waals surface area (Å²) in [6, 6.07) is 0. The highest BCUT2D eigenvalue weighted by molar-refractivity contribution is 4.49. The van der Waals surface area contributed by atoms with Crippen LogP contribution in [0.5, 0.6) is 0 Å². The number of aliphatic hydroxyl groups excluding tert-OH is 1. The average Bonchev–Trinajstić information content (AvgIpc) is 2.02. The van der Waals surface area contributed by atoms with Crippen molar-refractivity contribution in [2.45, 2.75) is 58.0 Å². The van der Waals surface area contributed by atoms with Gasteiger partial charge in [-0.25, -0.2) is 0 Å². The van der Waals surface area contributed by atoms with E-state index in [4.69, 9.17) is 10.8 Å². The molecular weight excluding hydrogens is 150 g/mol. The van der Waals surface area contributed by atoms with Crippen molar-refractivity contribution in [2.75, 3.05) is 6.54 Å². The van der Waals surface area contributed by atoms with Gasteiger partial charge in [0.05, 0.1) is 6.10 Å². The Kier molecular flexibility index (Phi) is 8.95. The molecule has 0 aliphatic heterocycles. The molecule has 0 amide bonds. The van der Waals surface area contributed by atoms with E-state index in [0.717, 1.165) is 19.4 Å². The Hall–Kier alpha value is -0.0800. The molecule has 1 atom stereocenters. The SMILES string of the molecule is CC(O)CCCCCCCCN. The zero-order valence-corrected chi connectivity index (χ0v) is 8.26. The maximum absolute atomic E-state index is 8.98. The first kappa shape index (κ1) is 11.9. The van der Waals surface area contributed by atoms with Gasteiger partial charge in [-0.3, -0.25) is 0 Å². The van der Waals surface area contributed by atoms with E-state index in [9.17, 15) is 0 Å². The first-order chi connectivity index (χ1) is 5.77. The largest absolute Gasteiger partial charge is 0.393 e. The Morgan fingerprint density at radius 2 is 1.50 bits per heavy atom. The van der Waals surface area contributed by atoms with Gasteiger partial charge in [-0.2, -0.15) is 0 Å². The summed E-state index contributed by atoms with van der Waals surface area (Å²) < 4.78 is 0. The fourth-order valence-electron chi connectivity index (χ4n) is 1.29. The van der Waals surface area contributed by atoms with Gasteiger partial charge in [-0.15, -0.1) is 0 Å². The van der Waals surface area contributed by atoms with Crippen LogP contribution in [0.3, 0.4) is 0 Å². The van der Waals surface area contributed by atoms with E-state index in [1.165, 1.54) is 32.1 Å². The van der Waals surface area contributed by atoms with Gasteiger partial charge in [0.25, 0.3) is 0 Å². The summed E-state index contributed by atoms with van der Waals surface area (Å²) in [6.07, 6.45) is 8.30. The monoisotopic (exact) mass is 173 g/mol. The lowest BCUT2D eigenvalue weighted by atomic mass is 10.1. The Labute approximate surface area is 76.2 Å². The van der Waals surface area contributed by atoms with Crippen LogP contribution in [-0.4, -0.2) is 17.8 Å². The van der Waals surface area contributed by atoms with Crippen LogP contribution >= 0.6 is 0 Å². The maximum atomic E-state index is 8.98. The summed E-state index contributed by atoms with van der Waals surface area (Å²) >= 11 is 0. The second kappa shape index (κ2) is 9.01. The topological polar surface area (TPSA) is 46.2 Å². The smallest absolute Gasteiger partial charge is 0.0512 e. The number of unbranched alkanes of at least 4 members (excludes halogenated alkanes) is 5. The van der Waals surface area contributed by atoms with E-state index < -0.39 is 0 Å². The van der Waals surface area contributed by atoms with Crippen LogP contribution in [0.25, 0.3) is 0 Å². The van der Waals surface area contributed by atoms with E-state index in [1.807, 2.05) is 6.92 Å². The predicted molar refractivity (Wildman–Crippen MR) is 53.1 cm³/mol. The van der Waals surface area contributed by atoms with Crippen molar-refractivity contribution >= 4 is 0 Å². The van der Waals surface area contributed by atoms with Gasteiger partial charge in [0.15, 0.2) is 0 Å². The number of aliphatic hydroxyl groups is 1. The van der Waals surface area contributed by atoms with Gasteiger partial charge in [-0.05, 0) is 26.3 Å². The predicted octanol–water partition coefficient (Wildman–Crippen LogP) is 2.06. The van der Waals surface area contributed by atoms with E-state index in [-0.39, 0.29) is 6.10 Å². The number of hydrogen-bond acceptors (Lipinski definition) is 2. The van der Waals surface area contributed by atoms with Crippen molar-refractivity contribution in [1.29, 1.82) is 0 Å². The highest BCUT2D eigenvalue weighted by atomic mass is 16.3. The minimum absolute atomic E-state index is 0.117. The Morgan fingerprint density at radius 1 is 1.00 bits per heavy atom. The van der Waals surface area contributed by atoms with Crippen LogP contribution in [0, 0.1) is 0 Å². The number of hydrogen-bond donors (Lipinski definition) is 2. The zero-order valence-electron chi connectivity index (χ0n) is 8.26. The van der Waals surface area contributed by atoms with E-state index in [1.54, 1.807) is 0 Å². The van der Waals surface area contributed by atoms with Gasteiger partial charge < -0.3 is 10.8 Å². The summed E-state index contributed by atoms with van der Waals surface area (Å²) in [5.41, 5.74) is 5.38. The van der Waals surface area contributed by atoms with Crippen LogP contribution in [0.2, 0.25) is 0 Å². The minimum Gasteiger partial charge on any atom is -0.393 e. The Balaban J connectivity index is 2.82. The quantitative estimate of drug-likeness (QED) is 0.552. The molecule has 0 rings (SSSR count). The second-order valence-electron chi connectivity index (χ2n) is 3.55. The molecule has 0 aromatic rings. The minimum atomic E-state index is -0.117. The molecule has 0 aliphatic rings. The highest BCUT2D eigenvalue weighted by Gasteiger charge is 1.94. The van der Waals surface area contributed by atoms with Crippen molar-refractivity contribution in [3.05, 3.63) is 0 Å². The molecule has 0 aromatic heterocycles. The van der Waals surface area contributed by atoms with Crippen molar-refractivity contribution in [1.82, 2.24) is 0 Å². The highest BCUT2D eigenvalue weighted by Crippen LogP contribution is 2.07. The molecule has 0 radical (unpaired) electrons. The first-order valence-corrected chi connectivity index (χ1v) is 5.15. The van der Waals surface area contributed by atoms with Gasteiger partial charge in [0.1, 0.15) is 0 Å². The van der Waals surface area contributed by atoms with Gasteiger partial charge in [0, 0.05) is 0 Å². The molecule has 3 N–H and O–H groups in total. The van der Waals surface area contributed by atoms with E-state index >= 15 is 0 Å². The van der Waals surface area contributed by atoms with Gasteiger partial charge in [-0.1, -0.05) is 32.1 Å². The van der Waals surface area contributed by atoms with Crippen molar-refractivity contribution in [2.24, 2.45) is 5.73 Å². The first-order valence-electron chi connectivity index (χ1n) is 5.15. The molecule has 2 nitrogen and oxygen atoms in total. The maximum Gasteiger partial charge on any atom is 0.0512 e. The molecule has 12 heavy (non-hydrogen) atoms. The third kappa shape index (κ3) is 9.92. The molecule has 1 unspecified atom stereocenters. The second-order valence-corrected chi connectivity index (χ2v) is 3.55. The zero-order chi connectivity index (χ0) is 9.23.